The molecule has 0 bridgehead atoms. The fourth-order valence-corrected chi connectivity index (χ4v) is 5.86. The van der Waals surface area contributed by atoms with Crippen molar-refractivity contribution in [3.05, 3.63) is 11.6 Å². The predicted octanol–water partition coefficient (Wildman–Crippen LogP) is -8.60. The molecule has 3 saturated heterocycles. The van der Waals surface area contributed by atoms with E-state index in [4.69, 9.17) is 29.4 Å². The third kappa shape index (κ3) is 6.96. The van der Waals surface area contributed by atoms with Crippen LogP contribution in [0.1, 0.15) is 6.92 Å². The lowest BCUT2D eigenvalue weighted by molar-refractivity contribution is -0.367. The first-order chi connectivity index (χ1) is 20.7. The summed E-state index contributed by atoms with van der Waals surface area (Å²) in [4.78, 5) is 0. The van der Waals surface area contributed by atoms with Gasteiger partial charge in [-0.15, -0.1) is 0 Å². The van der Waals surface area contributed by atoms with E-state index in [9.17, 15) is 61.3 Å². The monoisotopic (exact) mass is 644 g/mol. The summed E-state index contributed by atoms with van der Waals surface area (Å²) in [6.45, 7) is -0.639. The maximum Gasteiger partial charge on any atom is 0.187 e. The number of aliphatic hydroxyl groups is 12. The van der Waals surface area contributed by atoms with Crippen molar-refractivity contribution in [2.75, 3.05) is 19.8 Å². The topological polar surface area (TPSA) is 327 Å². The highest BCUT2D eigenvalue weighted by atomic mass is 16.7. The zero-order valence-electron chi connectivity index (χ0n) is 23.7. The Balaban J connectivity index is 1.42. The number of nitrogens with two attached hydrogens (primary N) is 1. The van der Waals surface area contributed by atoms with E-state index in [1.165, 1.54) is 13.0 Å². The van der Waals surface area contributed by atoms with E-state index in [2.05, 4.69) is 5.32 Å². The Morgan fingerprint density at radius 3 is 1.77 bits per heavy atom. The molecule has 256 valence electrons. The van der Waals surface area contributed by atoms with Gasteiger partial charge in [-0.1, -0.05) is 6.08 Å². The van der Waals surface area contributed by atoms with Crippen LogP contribution in [0.3, 0.4) is 0 Å². The molecule has 0 aromatic heterocycles. The van der Waals surface area contributed by atoms with Gasteiger partial charge in [0, 0.05) is 0 Å². The van der Waals surface area contributed by atoms with Crippen molar-refractivity contribution in [2.45, 2.75) is 123 Å². The molecule has 15 N–H and O–H groups in total. The van der Waals surface area contributed by atoms with Crippen molar-refractivity contribution in [3.63, 3.8) is 0 Å². The van der Waals surface area contributed by atoms with Gasteiger partial charge in [0.15, 0.2) is 12.6 Å². The number of ether oxygens (including phenoxy) is 5. The highest BCUT2D eigenvalue weighted by molar-refractivity contribution is 5.22. The summed E-state index contributed by atoms with van der Waals surface area (Å²) >= 11 is 0. The summed E-state index contributed by atoms with van der Waals surface area (Å²) in [7, 11) is 0. The number of hydrogen-bond donors (Lipinski definition) is 14. The second-order valence-electron chi connectivity index (χ2n) is 11.4. The zero-order valence-corrected chi connectivity index (χ0v) is 23.7. The van der Waals surface area contributed by atoms with Gasteiger partial charge < -0.3 is 96.0 Å². The second-order valence-corrected chi connectivity index (χ2v) is 11.4. The summed E-state index contributed by atoms with van der Waals surface area (Å²) in [6, 6.07) is -2.15. The molecule has 0 aromatic rings. The van der Waals surface area contributed by atoms with Gasteiger partial charge >= 0.3 is 0 Å². The van der Waals surface area contributed by atoms with Crippen LogP contribution >= 0.6 is 0 Å². The van der Waals surface area contributed by atoms with Gasteiger partial charge in [0.1, 0.15) is 85.6 Å². The third-order valence-corrected chi connectivity index (χ3v) is 8.54. The summed E-state index contributed by atoms with van der Waals surface area (Å²) in [5.41, 5.74) is 5.61. The van der Waals surface area contributed by atoms with Crippen molar-refractivity contribution in [1.29, 1.82) is 0 Å². The van der Waals surface area contributed by atoms with Crippen LogP contribution in [0.5, 0.6) is 0 Å². The number of aliphatic hydroxyl groups excluding tert-OH is 12. The molecular weight excluding hydrogens is 600 g/mol. The molecule has 0 radical (unpaired) electrons. The first kappa shape index (κ1) is 35.8. The number of rotatable bonds is 9. The first-order valence-corrected chi connectivity index (χ1v) is 14.2. The van der Waals surface area contributed by atoms with Crippen LogP contribution in [0.2, 0.25) is 0 Å². The van der Waals surface area contributed by atoms with Crippen molar-refractivity contribution >= 4 is 0 Å². The average molecular weight is 645 g/mol. The Hall–Kier alpha value is -1.02. The summed E-state index contributed by atoms with van der Waals surface area (Å²) < 4.78 is 27.7. The lowest BCUT2D eigenvalue weighted by Gasteiger charge is -2.48. The largest absolute Gasteiger partial charge is 0.394 e. The molecular formula is C25H44N2O17. The van der Waals surface area contributed by atoms with Crippen molar-refractivity contribution in [3.8, 4) is 0 Å². The first-order valence-electron chi connectivity index (χ1n) is 14.2. The average Bonchev–Trinajstić information content (AvgIpc) is 3.00. The molecule has 1 aliphatic carbocycles. The standard InChI is InChI=1S/C25H44N2O17/c1-6-11(27-8-2-7(3-28)12(31)15(34)13(8)32)14(33)19(38)24(40-6)43-22-10(5-30)42-25(20(39)17(22)36)44-21-9(4-29)41-23(26)18(37)16(21)35/h2,6,8-25,27-39H,3-5,26H2,1H3/t6?,8-,9?,10?,11+,12+,13?,14-,15-,16+,17+,18?,19?,20?,21+,22+,23-,24+,25+/m1/s1. The Labute approximate surface area is 251 Å². The van der Waals surface area contributed by atoms with Crippen LogP contribution in [-0.2, 0) is 23.7 Å². The van der Waals surface area contributed by atoms with Crippen LogP contribution in [0.4, 0.5) is 0 Å². The third-order valence-electron chi connectivity index (χ3n) is 8.54. The molecule has 0 amide bonds. The van der Waals surface area contributed by atoms with Crippen LogP contribution in [-0.4, -0.2) is 197 Å². The molecule has 44 heavy (non-hydrogen) atoms. The van der Waals surface area contributed by atoms with E-state index in [-0.39, 0.29) is 5.57 Å². The Morgan fingerprint density at radius 1 is 0.682 bits per heavy atom. The maximum atomic E-state index is 10.9. The summed E-state index contributed by atoms with van der Waals surface area (Å²) in [6.07, 6.45) is -25.3. The lowest BCUT2D eigenvalue weighted by atomic mass is 9.86. The fraction of sp³-hybridized carbons (Fsp3) is 0.920. The van der Waals surface area contributed by atoms with Gasteiger partial charge in [-0.3, -0.25) is 0 Å². The molecule has 0 saturated carbocycles. The molecule has 0 aromatic carbocycles. The highest BCUT2D eigenvalue weighted by Gasteiger charge is 2.53. The zero-order chi connectivity index (χ0) is 32.6. The minimum atomic E-state index is -1.90. The predicted molar refractivity (Wildman–Crippen MR) is 140 cm³/mol. The summed E-state index contributed by atoms with van der Waals surface area (Å²) in [5.74, 6) is 0. The maximum absolute atomic E-state index is 10.9. The molecule has 4 rings (SSSR count). The van der Waals surface area contributed by atoms with Gasteiger partial charge in [-0.25, -0.2) is 0 Å². The van der Waals surface area contributed by atoms with Gasteiger partial charge in [0.25, 0.3) is 0 Å². The second kappa shape index (κ2) is 14.8. The van der Waals surface area contributed by atoms with E-state index in [1.807, 2.05) is 0 Å². The van der Waals surface area contributed by atoms with E-state index >= 15 is 0 Å². The van der Waals surface area contributed by atoms with Gasteiger partial charge in [0.05, 0.1) is 38.0 Å². The molecule has 19 atom stereocenters. The Morgan fingerprint density at radius 2 is 1.20 bits per heavy atom. The number of hydrogen-bond acceptors (Lipinski definition) is 19. The number of nitrogens with one attached hydrogen (secondary N) is 1. The van der Waals surface area contributed by atoms with Crippen molar-refractivity contribution in [1.82, 2.24) is 5.32 Å². The Kier molecular flexibility index (Phi) is 12.1. The smallest absolute Gasteiger partial charge is 0.187 e. The van der Waals surface area contributed by atoms with Gasteiger partial charge in [-0.05, 0) is 12.5 Å². The summed E-state index contributed by atoms with van der Waals surface area (Å²) in [5, 5.41) is 126. The highest BCUT2D eigenvalue weighted by Crippen LogP contribution is 2.32. The Bertz CT molecular complexity index is 962. The van der Waals surface area contributed by atoms with Crippen LogP contribution in [0, 0.1) is 0 Å². The van der Waals surface area contributed by atoms with E-state index in [0.717, 1.165) is 0 Å². The molecule has 19 nitrogen and oxygen atoms in total. The molecule has 3 fully saturated rings. The van der Waals surface area contributed by atoms with Crippen LogP contribution in [0.25, 0.3) is 0 Å². The van der Waals surface area contributed by atoms with Gasteiger partial charge in [-0.2, -0.15) is 0 Å². The lowest BCUT2D eigenvalue weighted by Crippen LogP contribution is -2.68. The minimum Gasteiger partial charge on any atom is -0.394 e. The SMILES string of the molecule is CC1O[C@@H](O[C@H]2C(CO)O[C@@H](O[C@H]3C(CO)O[C@@H](N)C(O)[C@@H]3O)C(O)[C@@H]2O)C(O)[C@H](O)[C@H]1N[C@@H]1C=C(CO)[C@H](O)[C@@H](O)C1O. The molecule has 19 heteroatoms. The van der Waals surface area contributed by atoms with Crippen LogP contribution in [0.15, 0.2) is 11.6 Å². The quantitative estimate of drug-likeness (QED) is 0.104. The fourth-order valence-electron chi connectivity index (χ4n) is 5.86. The van der Waals surface area contributed by atoms with E-state index < -0.39 is 136 Å². The van der Waals surface area contributed by atoms with Crippen molar-refractivity contribution in [2.24, 2.45) is 5.73 Å². The van der Waals surface area contributed by atoms with E-state index in [1.54, 1.807) is 0 Å². The molecule has 7 unspecified atom stereocenters. The minimum absolute atomic E-state index is 0.0280. The normalized spacial score (nSPS) is 52.0. The molecule has 0 spiro atoms. The van der Waals surface area contributed by atoms with Crippen molar-refractivity contribution < 1.29 is 85.0 Å². The van der Waals surface area contributed by atoms with E-state index in [0.29, 0.717) is 0 Å². The molecule has 3 aliphatic heterocycles. The molecule has 4 aliphatic rings. The van der Waals surface area contributed by atoms with Gasteiger partial charge in [0.2, 0.25) is 0 Å². The van der Waals surface area contributed by atoms with Crippen LogP contribution < -0.4 is 11.1 Å². The molecule has 3 heterocycles.